The Morgan fingerprint density at radius 1 is 1.32 bits per heavy atom. The number of benzene rings is 1. The molecule has 5 heteroatoms. The summed E-state index contributed by atoms with van der Waals surface area (Å²) >= 11 is 0. The van der Waals surface area contributed by atoms with Crippen molar-refractivity contribution in [2.45, 2.75) is 6.42 Å². The van der Waals surface area contributed by atoms with E-state index in [1.165, 1.54) is 0 Å². The number of carboxylic acid groups (broad SMARTS) is 1. The van der Waals surface area contributed by atoms with Crippen LogP contribution in [0, 0.1) is 0 Å². The van der Waals surface area contributed by atoms with Crippen LogP contribution in [0.1, 0.15) is 15.9 Å². The van der Waals surface area contributed by atoms with Gasteiger partial charge in [0.15, 0.2) is 0 Å². The summed E-state index contributed by atoms with van der Waals surface area (Å²) in [5, 5.41) is 14.6. The molecule has 19 heavy (non-hydrogen) atoms. The highest BCUT2D eigenvalue weighted by Crippen LogP contribution is 2.08. The standard InChI is InChI=1S/C14H18N2O3/c1-2-8-15-10-13(17)16-9-7-11-5-3-4-6-12(11)14(18)19/h2-6,15H,1,7-10H2,(H,16,17)(H,18,19). The summed E-state index contributed by atoms with van der Waals surface area (Å²) in [4.78, 5) is 22.4. The molecule has 0 atom stereocenters. The molecule has 1 aromatic rings. The van der Waals surface area contributed by atoms with Crippen LogP contribution >= 0.6 is 0 Å². The average molecular weight is 262 g/mol. The number of carbonyl (C=O) groups excluding carboxylic acids is 1. The molecule has 0 aliphatic rings. The molecule has 0 aromatic heterocycles. The molecule has 0 unspecified atom stereocenters. The predicted molar refractivity (Wildman–Crippen MR) is 73.2 cm³/mol. The van der Waals surface area contributed by atoms with Crippen LogP contribution in [0.15, 0.2) is 36.9 Å². The highest BCUT2D eigenvalue weighted by molar-refractivity contribution is 5.89. The van der Waals surface area contributed by atoms with Crippen molar-refractivity contribution < 1.29 is 14.7 Å². The van der Waals surface area contributed by atoms with Crippen LogP contribution in [0.4, 0.5) is 0 Å². The third-order valence-corrected chi connectivity index (χ3v) is 2.54. The van der Waals surface area contributed by atoms with Gasteiger partial charge in [-0.15, -0.1) is 6.58 Å². The lowest BCUT2D eigenvalue weighted by Gasteiger charge is -2.07. The largest absolute Gasteiger partial charge is 0.478 e. The second-order valence-electron chi connectivity index (χ2n) is 3.98. The summed E-state index contributed by atoms with van der Waals surface area (Å²) in [7, 11) is 0. The summed E-state index contributed by atoms with van der Waals surface area (Å²) in [5.74, 6) is -1.07. The first kappa shape index (κ1) is 14.9. The third-order valence-electron chi connectivity index (χ3n) is 2.54. The summed E-state index contributed by atoms with van der Waals surface area (Å²) < 4.78 is 0. The Balaban J connectivity index is 2.39. The van der Waals surface area contributed by atoms with Crippen LogP contribution in [0.5, 0.6) is 0 Å². The van der Waals surface area contributed by atoms with E-state index in [9.17, 15) is 9.59 Å². The zero-order chi connectivity index (χ0) is 14.1. The number of carbonyl (C=O) groups is 2. The number of hydrogen-bond acceptors (Lipinski definition) is 3. The van der Waals surface area contributed by atoms with Gasteiger partial charge in [-0.05, 0) is 18.1 Å². The molecule has 0 saturated heterocycles. The van der Waals surface area contributed by atoms with Crippen LogP contribution in [-0.4, -0.2) is 36.6 Å². The monoisotopic (exact) mass is 262 g/mol. The molecule has 0 radical (unpaired) electrons. The van der Waals surface area contributed by atoms with Crippen molar-refractivity contribution in [2.24, 2.45) is 0 Å². The lowest BCUT2D eigenvalue weighted by Crippen LogP contribution is -2.35. The number of amides is 1. The summed E-state index contributed by atoms with van der Waals surface area (Å²) in [6, 6.07) is 6.79. The fourth-order valence-corrected chi connectivity index (χ4v) is 1.63. The molecular formula is C14H18N2O3. The van der Waals surface area contributed by atoms with Gasteiger partial charge in [-0.1, -0.05) is 24.3 Å². The number of carboxylic acids is 1. The minimum absolute atomic E-state index is 0.116. The summed E-state index contributed by atoms with van der Waals surface area (Å²) in [6.45, 7) is 4.76. The lowest BCUT2D eigenvalue weighted by atomic mass is 10.0. The van der Waals surface area contributed by atoms with Gasteiger partial charge < -0.3 is 15.7 Å². The number of nitrogens with one attached hydrogen (secondary N) is 2. The zero-order valence-corrected chi connectivity index (χ0v) is 10.7. The summed E-state index contributed by atoms with van der Waals surface area (Å²) in [6.07, 6.45) is 2.17. The fourth-order valence-electron chi connectivity index (χ4n) is 1.63. The van der Waals surface area contributed by atoms with Gasteiger partial charge in [0.25, 0.3) is 0 Å². The van der Waals surface area contributed by atoms with Gasteiger partial charge in [0, 0.05) is 13.1 Å². The first-order chi connectivity index (χ1) is 9.15. The molecule has 0 bridgehead atoms. The van der Waals surface area contributed by atoms with Gasteiger partial charge in [0.2, 0.25) is 5.91 Å². The van der Waals surface area contributed by atoms with E-state index >= 15 is 0 Å². The van der Waals surface area contributed by atoms with E-state index in [4.69, 9.17) is 5.11 Å². The molecule has 0 spiro atoms. The SMILES string of the molecule is C=CCNCC(=O)NCCc1ccccc1C(=O)O. The van der Waals surface area contributed by atoms with Gasteiger partial charge >= 0.3 is 5.97 Å². The highest BCUT2D eigenvalue weighted by Gasteiger charge is 2.08. The smallest absolute Gasteiger partial charge is 0.335 e. The molecule has 1 rings (SSSR count). The number of aromatic carboxylic acids is 1. The molecule has 5 nitrogen and oxygen atoms in total. The number of hydrogen-bond donors (Lipinski definition) is 3. The van der Waals surface area contributed by atoms with E-state index in [1.807, 2.05) is 0 Å². The first-order valence-corrected chi connectivity index (χ1v) is 6.04. The molecular weight excluding hydrogens is 244 g/mol. The average Bonchev–Trinajstić information content (AvgIpc) is 2.39. The van der Waals surface area contributed by atoms with Gasteiger partial charge in [-0.3, -0.25) is 4.79 Å². The second kappa shape index (κ2) is 8.05. The molecule has 1 aromatic carbocycles. The lowest BCUT2D eigenvalue weighted by molar-refractivity contribution is -0.120. The Kier molecular flexibility index (Phi) is 6.32. The fraction of sp³-hybridized carbons (Fsp3) is 0.286. The van der Waals surface area contributed by atoms with Crippen molar-refractivity contribution in [3.05, 3.63) is 48.0 Å². The van der Waals surface area contributed by atoms with Crippen molar-refractivity contribution in [2.75, 3.05) is 19.6 Å². The van der Waals surface area contributed by atoms with Gasteiger partial charge in [0.05, 0.1) is 12.1 Å². The van der Waals surface area contributed by atoms with Gasteiger partial charge in [0.1, 0.15) is 0 Å². The Morgan fingerprint density at radius 2 is 2.05 bits per heavy atom. The maximum Gasteiger partial charge on any atom is 0.335 e. The Labute approximate surface area is 112 Å². The van der Waals surface area contributed by atoms with E-state index in [2.05, 4.69) is 17.2 Å². The van der Waals surface area contributed by atoms with Crippen molar-refractivity contribution >= 4 is 11.9 Å². The van der Waals surface area contributed by atoms with Crippen molar-refractivity contribution in [1.82, 2.24) is 10.6 Å². The number of rotatable bonds is 8. The van der Waals surface area contributed by atoms with Crippen LogP contribution in [0.3, 0.4) is 0 Å². The predicted octanol–water partition coefficient (Wildman–Crippen LogP) is 0.819. The third kappa shape index (κ3) is 5.35. The van der Waals surface area contributed by atoms with Crippen molar-refractivity contribution in [1.29, 1.82) is 0 Å². The van der Waals surface area contributed by atoms with Crippen LogP contribution in [0.25, 0.3) is 0 Å². The van der Waals surface area contributed by atoms with Crippen molar-refractivity contribution in [3.8, 4) is 0 Å². The Bertz CT molecular complexity index is 458. The topological polar surface area (TPSA) is 78.4 Å². The van der Waals surface area contributed by atoms with Gasteiger partial charge in [-0.2, -0.15) is 0 Å². The van der Waals surface area contributed by atoms with E-state index in [-0.39, 0.29) is 18.0 Å². The van der Waals surface area contributed by atoms with Crippen molar-refractivity contribution in [3.63, 3.8) is 0 Å². The second-order valence-corrected chi connectivity index (χ2v) is 3.98. The van der Waals surface area contributed by atoms with E-state index in [0.29, 0.717) is 25.1 Å². The maximum absolute atomic E-state index is 11.4. The normalized spacial score (nSPS) is 9.89. The molecule has 3 N–H and O–H groups in total. The quantitative estimate of drug-likeness (QED) is 0.479. The van der Waals surface area contributed by atoms with E-state index in [0.717, 1.165) is 0 Å². The zero-order valence-electron chi connectivity index (χ0n) is 10.7. The van der Waals surface area contributed by atoms with E-state index < -0.39 is 5.97 Å². The summed E-state index contributed by atoms with van der Waals surface area (Å²) in [5.41, 5.74) is 0.996. The molecule has 102 valence electrons. The molecule has 0 heterocycles. The Hall–Kier alpha value is -2.14. The van der Waals surface area contributed by atoms with Crippen LogP contribution in [0.2, 0.25) is 0 Å². The Morgan fingerprint density at radius 3 is 2.74 bits per heavy atom. The highest BCUT2D eigenvalue weighted by atomic mass is 16.4. The minimum atomic E-state index is -0.949. The first-order valence-electron chi connectivity index (χ1n) is 6.04. The molecule has 0 saturated carbocycles. The maximum atomic E-state index is 11.4. The molecule has 0 aliphatic carbocycles. The molecule has 1 amide bonds. The van der Waals surface area contributed by atoms with Crippen LogP contribution < -0.4 is 10.6 Å². The molecule has 0 aliphatic heterocycles. The minimum Gasteiger partial charge on any atom is -0.478 e. The van der Waals surface area contributed by atoms with Gasteiger partial charge in [-0.25, -0.2) is 4.79 Å². The van der Waals surface area contributed by atoms with E-state index in [1.54, 1.807) is 30.3 Å². The molecule has 0 fully saturated rings. The van der Waals surface area contributed by atoms with Crippen LogP contribution in [-0.2, 0) is 11.2 Å².